The molecule has 0 unspecified atom stereocenters. The van der Waals surface area contributed by atoms with Gasteiger partial charge in [-0.05, 0) is 35.8 Å². The second-order valence-electron chi connectivity index (χ2n) is 6.76. The van der Waals surface area contributed by atoms with Crippen molar-refractivity contribution >= 4 is 0 Å². The maximum atomic E-state index is 6.15. The van der Waals surface area contributed by atoms with Crippen LogP contribution in [0, 0.1) is 0 Å². The van der Waals surface area contributed by atoms with E-state index in [4.69, 9.17) is 9.47 Å². The molecule has 3 heteroatoms. The van der Waals surface area contributed by atoms with E-state index in [0.717, 1.165) is 25.4 Å². The fourth-order valence-corrected chi connectivity index (χ4v) is 2.94. The average Bonchev–Trinajstić information content (AvgIpc) is 2.99. The quantitative estimate of drug-likeness (QED) is 0.734. The number of hydrogen-bond acceptors (Lipinski definition) is 3. The van der Waals surface area contributed by atoms with E-state index in [0.29, 0.717) is 24.5 Å². The molecule has 0 bridgehead atoms. The highest BCUT2D eigenvalue weighted by Gasteiger charge is 2.16. The van der Waals surface area contributed by atoms with Crippen LogP contribution in [-0.2, 0) is 4.74 Å². The molecule has 1 aliphatic heterocycles. The fraction of sp³-hybridized carbons (Fsp3) is 0.684. The minimum atomic E-state index is 0.397. The molecule has 22 heavy (non-hydrogen) atoms. The number of nitrogens with one attached hydrogen (secondary N) is 1. The van der Waals surface area contributed by atoms with Crippen molar-refractivity contribution in [3.05, 3.63) is 29.3 Å². The van der Waals surface area contributed by atoms with E-state index in [2.05, 4.69) is 51.2 Å². The molecule has 1 atom stereocenters. The highest BCUT2D eigenvalue weighted by Crippen LogP contribution is 2.34. The topological polar surface area (TPSA) is 30.5 Å². The highest BCUT2D eigenvalue weighted by molar-refractivity contribution is 5.44. The Kier molecular flexibility index (Phi) is 6.71. The summed E-state index contributed by atoms with van der Waals surface area (Å²) >= 11 is 0. The van der Waals surface area contributed by atoms with Crippen molar-refractivity contribution in [2.75, 3.05) is 26.3 Å². The van der Waals surface area contributed by atoms with Gasteiger partial charge in [-0.3, -0.25) is 0 Å². The average molecular weight is 305 g/mol. The van der Waals surface area contributed by atoms with Crippen LogP contribution >= 0.6 is 0 Å². The van der Waals surface area contributed by atoms with Gasteiger partial charge in [-0.25, -0.2) is 0 Å². The number of benzene rings is 1. The van der Waals surface area contributed by atoms with Crippen molar-refractivity contribution in [3.63, 3.8) is 0 Å². The predicted molar refractivity (Wildman–Crippen MR) is 92.0 cm³/mol. The minimum Gasteiger partial charge on any atom is -0.492 e. The number of rotatable bonds is 8. The zero-order valence-electron chi connectivity index (χ0n) is 14.5. The van der Waals surface area contributed by atoms with E-state index >= 15 is 0 Å². The molecule has 1 fully saturated rings. The molecule has 0 saturated carbocycles. The summed E-state index contributed by atoms with van der Waals surface area (Å²) in [5.41, 5.74) is 2.62. The normalized spacial score (nSPS) is 18.4. The summed E-state index contributed by atoms with van der Waals surface area (Å²) in [6.07, 6.45) is 2.78. The first kappa shape index (κ1) is 17.3. The first-order chi connectivity index (χ1) is 10.6. The smallest absolute Gasteiger partial charge is 0.126 e. The van der Waals surface area contributed by atoms with E-state index in [-0.39, 0.29) is 0 Å². The third-order valence-electron chi connectivity index (χ3n) is 4.24. The number of hydrogen-bond donors (Lipinski definition) is 1. The maximum Gasteiger partial charge on any atom is 0.126 e. The molecule has 1 heterocycles. The van der Waals surface area contributed by atoms with Gasteiger partial charge in [0, 0.05) is 19.7 Å². The van der Waals surface area contributed by atoms with E-state index in [1.165, 1.54) is 24.0 Å². The van der Waals surface area contributed by atoms with Gasteiger partial charge in [0.15, 0.2) is 0 Å². The summed E-state index contributed by atoms with van der Waals surface area (Å²) in [6, 6.07) is 6.52. The molecule has 1 aliphatic rings. The van der Waals surface area contributed by atoms with Gasteiger partial charge in [0.1, 0.15) is 12.4 Å². The van der Waals surface area contributed by atoms with Crippen molar-refractivity contribution in [1.29, 1.82) is 0 Å². The van der Waals surface area contributed by atoms with Crippen molar-refractivity contribution in [2.45, 2.75) is 58.5 Å². The van der Waals surface area contributed by atoms with Crippen LogP contribution in [0.5, 0.6) is 5.75 Å². The van der Waals surface area contributed by atoms with Gasteiger partial charge >= 0.3 is 0 Å². The van der Waals surface area contributed by atoms with Crippen LogP contribution in [0.25, 0.3) is 0 Å². The first-order valence-electron chi connectivity index (χ1n) is 8.67. The molecular formula is C19H31NO2. The summed E-state index contributed by atoms with van der Waals surface area (Å²) in [6.45, 7) is 12.3. The zero-order valence-corrected chi connectivity index (χ0v) is 14.5. The Labute approximate surface area is 135 Å². The second-order valence-corrected chi connectivity index (χ2v) is 6.76. The molecule has 124 valence electrons. The van der Waals surface area contributed by atoms with Crippen LogP contribution in [0.15, 0.2) is 18.2 Å². The molecule has 0 amide bonds. The third kappa shape index (κ3) is 4.72. The van der Waals surface area contributed by atoms with Crippen LogP contribution in [0.4, 0.5) is 0 Å². The molecule has 0 radical (unpaired) electrons. The Hall–Kier alpha value is -1.06. The van der Waals surface area contributed by atoms with Crippen LogP contribution in [0.3, 0.4) is 0 Å². The second kappa shape index (κ2) is 8.54. The van der Waals surface area contributed by atoms with E-state index in [9.17, 15) is 0 Å². The van der Waals surface area contributed by atoms with Gasteiger partial charge < -0.3 is 14.8 Å². The van der Waals surface area contributed by atoms with Crippen LogP contribution in [0.1, 0.15) is 63.5 Å². The molecule has 2 rings (SSSR count). The predicted octanol–water partition coefficient (Wildman–Crippen LogP) is 4.08. The van der Waals surface area contributed by atoms with Gasteiger partial charge in [-0.1, -0.05) is 45.9 Å². The zero-order chi connectivity index (χ0) is 15.9. The summed E-state index contributed by atoms with van der Waals surface area (Å²) in [5, 5.41) is 3.44. The SMILES string of the molecule is CC(C)c1cccc(C(C)C)c1OCCNC[C@H]1CCCO1. The van der Waals surface area contributed by atoms with E-state index < -0.39 is 0 Å². The fourth-order valence-electron chi connectivity index (χ4n) is 2.94. The Morgan fingerprint density at radius 3 is 2.41 bits per heavy atom. The minimum absolute atomic E-state index is 0.397. The molecule has 1 N–H and O–H groups in total. The summed E-state index contributed by atoms with van der Waals surface area (Å²) in [4.78, 5) is 0. The summed E-state index contributed by atoms with van der Waals surface area (Å²) in [7, 11) is 0. The van der Waals surface area contributed by atoms with Crippen LogP contribution < -0.4 is 10.1 Å². The van der Waals surface area contributed by atoms with Gasteiger partial charge in [-0.2, -0.15) is 0 Å². The highest BCUT2D eigenvalue weighted by atomic mass is 16.5. The lowest BCUT2D eigenvalue weighted by molar-refractivity contribution is 0.109. The standard InChI is InChI=1S/C19H31NO2/c1-14(2)17-8-5-9-18(15(3)4)19(17)22-12-10-20-13-16-7-6-11-21-16/h5,8-9,14-16,20H,6-7,10-13H2,1-4H3/t16-/m1/s1. The van der Waals surface area contributed by atoms with Gasteiger partial charge in [-0.15, -0.1) is 0 Å². The molecule has 3 nitrogen and oxygen atoms in total. The Morgan fingerprint density at radius 2 is 1.86 bits per heavy atom. The maximum absolute atomic E-state index is 6.15. The summed E-state index contributed by atoms with van der Waals surface area (Å²) < 4.78 is 11.8. The lowest BCUT2D eigenvalue weighted by atomic mass is 9.94. The van der Waals surface area contributed by atoms with Gasteiger partial charge in [0.2, 0.25) is 0 Å². The van der Waals surface area contributed by atoms with Crippen molar-refractivity contribution < 1.29 is 9.47 Å². The Bertz CT molecular complexity index is 424. The first-order valence-corrected chi connectivity index (χ1v) is 8.67. The molecule has 0 spiro atoms. The van der Waals surface area contributed by atoms with Gasteiger partial charge in [0.25, 0.3) is 0 Å². The largest absolute Gasteiger partial charge is 0.492 e. The van der Waals surface area contributed by atoms with Crippen LogP contribution in [0.2, 0.25) is 0 Å². The van der Waals surface area contributed by atoms with Gasteiger partial charge in [0.05, 0.1) is 6.10 Å². The van der Waals surface area contributed by atoms with Crippen molar-refractivity contribution in [2.24, 2.45) is 0 Å². The van der Waals surface area contributed by atoms with E-state index in [1.807, 2.05) is 0 Å². The third-order valence-corrected chi connectivity index (χ3v) is 4.24. The van der Waals surface area contributed by atoms with Crippen molar-refractivity contribution in [3.8, 4) is 5.75 Å². The molecule has 0 aromatic heterocycles. The summed E-state index contributed by atoms with van der Waals surface area (Å²) in [5.74, 6) is 2.05. The van der Waals surface area contributed by atoms with Crippen molar-refractivity contribution in [1.82, 2.24) is 5.32 Å². The molecule has 1 saturated heterocycles. The molecule has 1 aromatic rings. The lowest BCUT2D eigenvalue weighted by Crippen LogP contribution is -2.29. The molecule has 0 aliphatic carbocycles. The number of ether oxygens (including phenoxy) is 2. The molecule has 1 aromatic carbocycles. The lowest BCUT2D eigenvalue weighted by Gasteiger charge is -2.20. The Morgan fingerprint density at radius 1 is 1.18 bits per heavy atom. The van der Waals surface area contributed by atoms with Crippen LogP contribution in [-0.4, -0.2) is 32.4 Å². The Balaban J connectivity index is 1.87. The van der Waals surface area contributed by atoms with E-state index in [1.54, 1.807) is 0 Å². The number of para-hydroxylation sites is 1. The molecular weight excluding hydrogens is 274 g/mol. The monoisotopic (exact) mass is 305 g/mol.